The summed E-state index contributed by atoms with van der Waals surface area (Å²) in [5.41, 5.74) is -1.48. The van der Waals surface area contributed by atoms with Crippen LogP contribution in [0.5, 0.6) is 0 Å². The highest BCUT2D eigenvalue weighted by Gasteiger charge is 2.47. The van der Waals surface area contributed by atoms with E-state index < -0.39 is 22.3 Å². The maximum absolute atomic E-state index is 11.3. The minimum absolute atomic E-state index is 0.0256. The highest BCUT2D eigenvalue weighted by molar-refractivity contribution is 6.30. The Labute approximate surface area is 118 Å². The number of halogens is 1. The van der Waals surface area contributed by atoms with Gasteiger partial charge in [-0.1, -0.05) is 11.6 Å². The standard InChI is InChI=1S/C11H12ClN3O5/c1-11(10(16)17)5-20-4-8(11)14-9-7(15(18)19)2-6(12)3-13-9/h2-3,8H,4-5H2,1H3,(H,13,14)(H,16,17). The molecule has 1 aliphatic rings. The number of pyridine rings is 1. The van der Waals surface area contributed by atoms with E-state index in [0.29, 0.717) is 0 Å². The third kappa shape index (κ3) is 2.52. The third-order valence-electron chi connectivity index (χ3n) is 3.29. The van der Waals surface area contributed by atoms with E-state index >= 15 is 0 Å². The molecule has 108 valence electrons. The van der Waals surface area contributed by atoms with Gasteiger partial charge in [0.05, 0.1) is 29.2 Å². The molecule has 0 spiro atoms. The molecule has 0 bridgehead atoms. The molecular formula is C11H12ClN3O5. The molecule has 0 aliphatic carbocycles. The number of nitrogens with zero attached hydrogens (tertiary/aromatic N) is 2. The Bertz CT molecular complexity index is 567. The third-order valence-corrected chi connectivity index (χ3v) is 3.49. The minimum atomic E-state index is -1.17. The van der Waals surface area contributed by atoms with Crippen molar-refractivity contribution in [3.8, 4) is 0 Å². The van der Waals surface area contributed by atoms with E-state index in [2.05, 4.69) is 10.3 Å². The van der Waals surface area contributed by atoms with Crippen LogP contribution in [-0.2, 0) is 9.53 Å². The first kappa shape index (κ1) is 14.5. The Morgan fingerprint density at radius 3 is 3.05 bits per heavy atom. The van der Waals surface area contributed by atoms with Crippen LogP contribution >= 0.6 is 11.6 Å². The van der Waals surface area contributed by atoms with Crippen LogP contribution in [0.3, 0.4) is 0 Å². The molecule has 1 aliphatic heterocycles. The van der Waals surface area contributed by atoms with Crippen molar-refractivity contribution in [3.63, 3.8) is 0 Å². The Morgan fingerprint density at radius 2 is 2.45 bits per heavy atom. The highest BCUT2D eigenvalue weighted by atomic mass is 35.5. The molecule has 0 amide bonds. The topological polar surface area (TPSA) is 115 Å². The zero-order valence-electron chi connectivity index (χ0n) is 10.5. The van der Waals surface area contributed by atoms with E-state index in [1.165, 1.54) is 13.1 Å². The lowest BCUT2D eigenvalue weighted by Gasteiger charge is -2.25. The normalized spacial score (nSPS) is 25.4. The zero-order chi connectivity index (χ0) is 14.9. The zero-order valence-corrected chi connectivity index (χ0v) is 11.3. The number of carboxylic acid groups (broad SMARTS) is 1. The van der Waals surface area contributed by atoms with Crippen molar-refractivity contribution >= 4 is 29.1 Å². The number of anilines is 1. The van der Waals surface area contributed by atoms with E-state index in [9.17, 15) is 20.0 Å². The second-order valence-corrected chi connectivity index (χ2v) is 5.15. The SMILES string of the molecule is CC1(C(=O)O)COCC1Nc1ncc(Cl)cc1[N+](=O)[O-]. The Kier molecular flexibility index (Phi) is 3.78. The quantitative estimate of drug-likeness (QED) is 0.640. The van der Waals surface area contributed by atoms with Gasteiger partial charge in [0.2, 0.25) is 5.82 Å². The van der Waals surface area contributed by atoms with Crippen molar-refractivity contribution in [2.45, 2.75) is 13.0 Å². The Hall–Kier alpha value is -1.93. The molecule has 1 fully saturated rings. The summed E-state index contributed by atoms with van der Waals surface area (Å²) in [6.45, 7) is 1.67. The first-order chi connectivity index (χ1) is 9.34. The first-order valence-electron chi connectivity index (χ1n) is 5.72. The van der Waals surface area contributed by atoms with Gasteiger partial charge in [0.25, 0.3) is 0 Å². The van der Waals surface area contributed by atoms with Crippen molar-refractivity contribution in [1.82, 2.24) is 4.98 Å². The molecular weight excluding hydrogens is 290 g/mol. The van der Waals surface area contributed by atoms with Crippen molar-refractivity contribution in [2.24, 2.45) is 5.41 Å². The van der Waals surface area contributed by atoms with E-state index in [-0.39, 0.29) is 29.7 Å². The van der Waals surface area contributed by atoms with Gasteiger partial charge in [-0.05, 0) is 6.92 Å². The van der Waals surface area contributed by atoms with Gasteiger partial charge in [0.15, 0.2) is 0 Å². The van der Waals surface area contributed by atoms with Crippen LogP contribution in [0, 0.1) is 15.5 Å². The molecule has 20 heavy (non-hydrogen) atoms. The summed E-state index contributed by atoms with van der Waals surface area (Å²) < 4.78 is 5.16. The van der Waals surface area contributed by atoms with Crippen LogP contribution in [0.4, 0.5) is 11.5 Å². The van der Waals surface area contributed by atoms with Gasteiger partial charge in [0.1, 0.15) is 5.41 Å². The maximum Gasteiger partial charge on any atom is 0.313 e. The number of carboxylic acids is 1. The summed E-state index contributed by atoms with van der Waals surface area (Å²) >= 11 is 5.67. The summed E-state index contributed by atoms with van der Waals surface area (Å²) in [5.74, 6) is -1.06. The molecule has 2 unspecified atom stereocenters. The van der Waals surface area contributed by atoms with Crippen LogP contribution in [0.2, 0.25) is 5.02 Å². The lowest BCUT2D eigenvalue weighted by atomic mass is 9.85. The lowest BCUT2D eigenvalue weighted by Crippen LogP contribution is -2.43. The molecule has 2 atom stereocenters. The highest BCUT2D eigenvalue weighted by Crippen LogP contribution is 2.33. The molecule has 0 radical (unpaired) electrons. The molecule has 1 aromatic heterocycles. The van der Waals surface area contributed by atoms with Gasteiger partial charge in [-0.2, -0.15) is 0 Å². The van der Waals surface area contributed by atoms with Gasteiger partial charge in [-0.15, -0.1) is 0 Å². The molecule has 2 rings (SSSR count). The summed E-state index contributed by atoms with van der Waals surface area (Å²) in [6, 6.07) is 0.539. The second kappa shape index (κ2) is 5.22. The average Bonchev–Trinajstić information content (AvgIpc) is 2.74. The number of hydrogen-bond donors (Lipinski definition) is 2. The van der Waals surface area contributed by atoms with E-state index in [4.69, 9.17) is 16.3 Å². The van der Waals surface area contributed by atoms with Gasteiger partial charge in [0, 0.05) is 12.3 Å². The van der Waals surface area contributed by atoms with Gasteiger partial charge >= 0.3 is 11.7 Å². The van der Waals surface area contributed by atoms with Crippen LogP contribution in [0.15, 0.2) is 12.3 Å². The fraction of sp³-hybridized carbons (Fsp3) is 0.455. The summed E-state index contributed by atoms with van der Waals surface area (Å²) in [7, 11) is 0. The van der Waals surface area contributed by atoms with Gasteiger partial charge < -0.3 is 15.2 Å². The Balaban J connectivity index is 2.31. The fourth-order valence-electron chi connectivity index (χ4n) is 1.93. The summed E-state index contributed by atoms with van der Waals surface area (Å²) in [5, 5.41) is 23.1. The van der Waals surface area contributed by atoms with Crippen molar-refractivity contribution in [1.29, 1.82) is 0 Å². The van der Waals surface area contributed by atoms with Crippen molar-refractivity contribution < 1.29 is 19.6 Å². The monoisotopic (exact) mass is 301 g/mol. The largest absolute Gasteiger partial charge is 0.481 e. The molecule has 0 saturated carbocycles. The van der Waals surface area contributed by atoms with Crippen LogP contribution < -0.4 is 5.32 Å². The molecule has 1 aromatic rings. The number of carbonyl (C=O) groups is 1. The van der Waals surface area contributed by atoms with E-state index in [1.54, 1.807) is 0 Å². The number of hydrogen-bond acceptors (Lipinski definition) is 6. The fourth-order valence-corrected chi connectivity index (χ4v) is 2.08. The second-order valence-electron chi connectivity index (χ2n) is 4.71. The molecule has 9 heteroatoms. The number of rotatable bonds is 4. The lowest BCUT2D eigenvalue weighted by molar-refractivity contribution is -0.384. The molecule has 8 nitrogen and oxygen atoms in total. The van der Waals surface area contributed by atoms with Crippen LogP contribution in [0.25, 0.3) is 0 Å². The predicted octanol–water partition coefficient (Wildman–Crippen LogP) is 1.54. The summed E-state index contributed by atoms with van der Waals surface area (Å²) in [4.78, 5) is 25.5. The van der Waals surface area contributed by atoms with Crippen molar-refractivity contribution in [2.75, 3.05) is 18.5 Å². The minimum Gasteiger partial charge on any atom is -0.481 e. The van der Waals surface area contributed by atoms with Gasteiger partial charge in [-0.3, -0.25) is 14.9 Å². The smallest absolute Gasteiger partial charge is 0.313 e. The van der Waals surface area contributed by atoms with E-state index in [1.807, 2.05) is 0 Å². The number of aromatic nitrogens is 1. The predicted molar refractivity (Wildman–Crippen MR) is 69.9 cm³/mol. The number of aliphatic carboxylic acids is 1. The number of nitro groups is 1. The maximum atomic E-state index is 11.3. The van der Waals surface area contributed by atoms with Crippen molar-refractivity contribution in [3.05, 3.63) is 27.4 Å². The Morgan fingerprint density at radius 1 is 1.75 bits per heavy atom. The molecule has 2 heterocycles. The number of ether oxygens (including phenoxy) is 1. The number of nitrogens with one attached hydrogen (secondary N) is 1. The first-order valence-corrected chi connectivity index (χ1v) is 6.10. The van der Waals surface area contributed by atoms with Crippen LogP contribution in [0.1, 0.15) is 6.92 Å². The summed E-state index contributed by atoms with van der Waals surface area (Å²) in [6.07, 6.45) is 1.25. The molecule has 2 N–H and O–H groups in total. The average molecular weight is 302 g/mol. The molecule has 1 saturated heterocycles. The van der Waals surface area contributed by atoms with Crippen LogP contribution in [-0.4, -0.2) is 40.2 Å². The van der Waals surface area contributed by atoms with Gasteiger partial charge in [-0.25, -0.2) is 4.98 Å². The molecule has 0 aromatic carbocycles. The van der Waals surface area contributed by atoms with E-state index in [0.717, 1.165) is 6.07 Å².